The van der Waals surface area contributed by atoms with Gasteiger partial charge < -0.3 is 28.5 Å². The highest BCUT2D eigenvalue weighted by Crippen LogP contribution is 2.40. The van der Waals surface area contributed by atoms with E-state index in [-0.39, 0.29) is 11.0 Å². The molecule has 0 aliphatic carbocycles. The molecule has 6 rings (SSSR count). The van der Waals surface area contributed by atoms with E-state index in [9.17, 15) is 0 Å². The number of aromatic nitrogens is 1. The second kappa shape index (κ2) is 10.6. The molecular weight excluding hydrogens is 560 g/mol. The number of hydrogen-bond acceptors (Lipinski definition) is 5. The topological polar surface area (TPSA) is 53.9 Å². The molecule has 0 amide bonds. The number of benzene rings is 3. The lowest BCUT2D eigenvalue weighted by molar-refractivity contribution is 0.00578. The van der Waals surface area contributed by atoms with Crippen LogP contribution in [0.25, 0.3) is 27.5 Å². The van der Waals surface area contributed by atoms with Crippen LogP contribution in [0.5, 0.6) is 0 Å². The zero-order valence-electron chi connectivity index (χ0n) is 27.2. The van der Waals surface area contributed by atoms with Crippen molar-refractivity contribution in [2.45, 2.75) is 97.6 Å². The van der Waals surface area contributed by atoms with Gasteiger partial charge in [-0.25, -0.2) is 8.78 Å². The van der Waals surface area contributed by atoms with Gasteiger partial charge in [-0.15, -0.1) is 0 Å². The lowest BCUT2D eigenvalue weighted by atomic mass is 9.77. The predicted molar refractivity (Wildman–Crippen MR) is 176 cm³/mol. The number of fused-ring (bicyclic) bond motifs is 3. The standard InChI is InChI=1S/C34H42B2F2N2O4/c1-10-11-16-39-23-12-14-24(15-13-23)40-29-25(17-21(19-27(29)37)35-41-31(2,3)32(4,5)42-35)26-18-22(20-28(38)30(26)40)36-43-33(6,7)34(8,9)44-36/h12-15,17-20,39H,10-11,16H2,1-9H3. The van der Waals surface area contributed by atoms with Gasteiger partial charge in [-0.2, -0.15) is 0 Å². The molecule has 4 aromatic rings. The molecule has 0 radical (unpaired) electrons. The number of halogens is 2. The molecule has 2 saturated heterocycles. The van der Waals surface area contributed by atoms with E-state index in [0.717, 1.165) is 25.1 Å². The fourth-order valence-corrected chi connectivity index (χ4v) is 5.84. The smallest absolute Gasteiger partial charge is 0.399 e. The summed E-state index contributed by atoms with van der Waals surface area (Å²) in [4.78, 5) is 0. The highest BCUT2D eigenvalue weighted by molar-refractivity contribution is 6.63. The van der Waals surface area contributed by atoms with E-state index in [1.165, 1.54) is 12.1 Å². The van der Waals surface area contributed by atoms with Crippen molar-refractivity contribution < 1.29 is 27.4 Å². The third-order valence-corrected chi connectivity index (χ3v) is 9.94. The van der Waals surface area contributed by atoms with Crippen LogP contribution in [0.4, 0.5) is 14.5 Å². The number of nitrogens with zero attached hydrogens (tertiary/aromatic N) is 1. The molecule has 1 aromatic heterocycles. The summed E-state index contributed by atoms with van der Waals surface area (Å²) in [5.74, 6) is -0.990. The van der Waals surface area contributed by atoms with Gasteiger partial charge in [0.25, 0.3) is 0 Å². The molecule has 0 spiro atoms. The summed E-state index contributed by atoms with van der Waals surface area (Å²) in [6.07, 6.45) is 2.15. The molecule has 0 unspecified atom stereocenters. The van der Waals surface area contributed by atoms with Crippen molar-refractivity contribution in [3.8, 4) is 5.69 Å². The van der Waals surface area contributed by atoms with E-state index >= 15 is 8.78 Å². The number of unbranched alkanes of at least 4 members (excludes halogenated alkanes) is 1. The minimum Gasteiger partial charge on any atom is -0.399 e. The molecule has 2 aliphatic rings. The van der Waals surface area contributed by atoms with Gasteiger partial charge in [0.1, 0.15) is 11.6 Å². The zero-order chi connectivity index (χ0) is 31.8. The van der Waals surface area contributed by atoms with E-state index in [1.54, 1.807) is 4.57 Å². The summed E-state index contributed by atoms with van der Waals surface area (Å²) in [6.45, 7) is 18.7. The zero-order valence-corrected chi connectivity index (χ0v) is 27.2. The van der Waals surface area contributed by atoms with Crippen LogP contribution in [0.2, 0.25) is 0 Å². The highest BCUT2D eigenvalue weighted by atomic mass is 19.1. The van der Waals surface area contributed by atoms with Gasteiger partial charge in [0, 0.05) is 28.7 Å². The van der Waals surface area contributed by atoms with E-state index in [4.69, 9.17) is 18.6 Å². The van der Waals surface area contributed by atoms with Crippen molar-refractivity contribution in [3.63, 3.8) is 0 Å². The largest absolute Gasteiger partial charge is 0.494 e. The first-order valence-corrected chi connectivity index (χ1v) is 15.6. The molecule has 0 atom stereocenters. The van der Waals surface area contributed by atoms with Crippen LogP contribution in [0, 0.1) is 11.6 Å². The van der Waals surface area contributed by atoms with E-state index in [2.05, 4.69) is 12.2 Å². The first-order valence-electron chi connectivity index (χ1n) is 15.6. The Morgan fingerprint density at radius 2 is 1.07 bits per heavy atom. The molecule has 0 saturated carbocycles. The van der Waals surface area contributed by atoms with Crippen molar-refractivity contribution in [1.82, 2.24) is 4.57 Å². The monoisotopic (exact) mass is 602 g/mol. The second-order valence-corrected chi connectivity index (χ2v) is 14.1. The number of anilines is 1. The van der Waals surface area contributed by atoms with Crippen LogP contribution >= 0.6 is 0 Å². The fraction of sp³-hybridized carbons (Fsp3) is 0.471. The van der Waals surface area contributed by atoms with Crippen molar-refractivity contribution >= 4 is 52.7 Å². The van der Waals surface area contributed by atoms with Crippen molar-refractivity contribution in [2.24, 2.45) is 0 Å². The molecule has 1 N–H and O–H groups in total. The lowest BCUT2D eigenvalue weighted by Crippen LogP contribution is -2.41. The summed E-state index contributed by atoms with van der Waals surface area (Å²) in [5, 5.41) is 4.50. The third-order valence-electron chi connectivity index (χ3n) is 9.94. The molecule has 2 fully saturated rings. The maximum Gasteiger partial charge on any atom is 0.494 e. The van der Waals surface area contributed by atoms with Crippen LogP contribution < -0.4 is 16.2 Å². The molecular formula is C34H42B2F2N2O4. The maximum absolute atomic E-state index is 16.4. The molecule has 3 heterocycles. The lowest BCUT2D eigenvalue weighted by Gasteiger charge is -2.32. The molecule has 2 aliphatic heterocycles. The van der Waals surface area contributed by atoms with Crippen LogP contribution in [-0.2, 0) is 18.6 Å². The minimum absolute atomic E-state index is 0.275. The maximum atomic E-state index is 16.4. The van der Waals surface area contributed by atoms with Gasteiger partial charge in [-0.1, -0.05) is 25.5 Å². The second-order valence-electron chi connectivity index (χ2n) is 14.1. The average molecular weight is 602 g/mol. The fourth-order valence-electron chi connectivity index (χ4n) is 5.84. The summed E-state index contributed by atoms with van der Waals surface area (Å²) in [6, 6.07) is 14.2. The third kappa shape index (κ3) is 5.04. The quantitative estimate of drug-likeness (QED) is 0.185. The first kappa shape index (κ1) is 31.1. The number of rotatable bonds is 7. The van der Waals surface area contributed by atoms with Crippen molar-refractivity contribution in [2.75, 3.05) is 11.9 Å². The van der Waals surface area contributed by atoms with Crippen LogP contribution in [-0.4, -0.2) is 47.8 Å². The van der Waals surface area contributed by atoms with Crippen molar-refractivity contribution in [1.29, 1.82) is 0 Å². The SMILES string of the molecule is CCCCNc1ccc(-n2c3c(F)cc(B4OC(C)(C)C(C)(C)O4)cc3c3cc(B4OC(C)(C)C(C)(C)O4)cc(F)c32)cc1. The van der Waals surface area contributed by atoms with Crippen molar-refractivity contribution in [3.05, 3.63) is 60.2 Å². The Balaban J connectivity index is 1.54. The van der Waals surface area contributed by atoms with E-state index in [0.29, 0.717) is 27.4 Å². The van der Waals surface area contributed by atoms with Gasteiger partial charge in [0.2, 0.25) is 0 Å². The van der Waals surface area contributed by atoms with Crippen LogP contribution in [0.3, 0.4) is 0 Å². The van der Waals surface area contributed by atoms with Gasteiger partial charge in [-0.05, 0) is 109 Å². The Bertz CT molecular complexity index is 1600. The first-order chi connectivity index (χ1) is 20.5. The summed E-state index contributed by atoms with van der Waals surface area (Å²) < 4.78 is 59.5. The summed E-state index contributed by atoms with van der Waals surface area (Å²) in [5.41, 5.74) is 0.828. The average Bonchev–Trinajstić information content (AvgIpc) is 3.47. The minimum atomic E-state index is -0.776. The normalized spacial score (nSPS) is 20.2. The molecule has 10 heteroatoms. The van der Waals surface area contributed by atoms with Crippen LogP contribution in [0.15, 0.2) is 48.5 Å². The number of nitrogens with one attached hydrogen (secondary N) is 1. The Labute approximate surface area is 259 Å². The predicted octanol–water partition coefficient (Wildman–Crippen LogP) is 6.87. The molecule has 6 nitrogen and oxygen atoms in total. The Morgan fingerprint density at radius 1 is 0.659 bits per heavy atom. The molecule has 232 valence electrons. The summed E-state index contributed by atoms with van der Waals surface area (Å²) in [7, 11) is -1.55. The van der Waals surface area contributed by atoms with Gasteiger partial charge >= 0.3 is 14.2 Å². The molecule has 0 bridgehead atoms. The van der Waals surface area contributed by atoms with E-state index in [1.807, 2.05) is 91.8 Å². The Morgan fingerprint density at radius 3 is 1.45 bits per heavy atom. The highest BCUT2D eigenvalue weighted by Gasteiger charge is 2.53. The Hall–Kier alpha value is -2.91. The molecule has 3 aromatic carbocycles. The summed E-state index contributed by atoms with van der Waals surface area (Å²) >= 11 is 0. The van der Waals surface area contributed by atoms with Gasteiger partial charge in [-0.3, -0.25) is 0 Å². The van der Waals surface area contributed by atoms with Gasteiger partial charge in [0.05, 0.1) is 33.4 Å². The Kier molecular flexibility index (Phi) is 7.48. The van der Waals surface area contributed by atoms with Crippen LogP contribution in [0.1, 0.15) is 75.2 Å². The van der Waals surface area contributed by atoms with E-state index < -0.39 is 48.3 Å². The van der Waals surface area contributed by atoms with Gasteiger partial charge in [0.15, 0.2) is 0 Å². The number of hydrogen-bond donors (Lipinski definition) is 1. The molecule has 44 heavy (non-hydrogen) atoms.